The molecule has 0 bridgehead atoms. The first-order valence-electron chi connectivity index (χ1n) is 10.8. The summed E-state index contributed by atoms with van der Waals surface area (Å²) in [6.07, 6.45) is 3.29. The van der Waals surface area contributed by atoms with Crippen LogP contribution < -0.4 is 10.6 Å². The third kappa shape index (κ3) is 4.57. The Kier molecular flexibility index (Phi) is 6.67. The molecule has 8 nitrogen and oxygen atoms in total. The second-order valence-corrected chi connectivity index (χ2v) is 8.84. The molecule has 1 heterocycles. The van der Waals surface area contributed by atoms with Crippen molar-refractivity contribution in [3.05, 3.63) is 29.3 Å². The van der Waals surface area contributed by atoms with Crippen LogP contribution in [0.3, 0.4) is 0 Å². The third-order valence-electron chi connectivity index (χ3n) is 6.34. The minimum absolute atomic E-state index is 0.00811. The van der Waals surface area contributed by atoms with Gasteiger partial charge in [0.15, 0.2) is 6.61 Å². The molecule has 1 aliphatic carbocycles. The molecule has 2 atom stereocenters. The lowest BCUT2D eigenvalue weighted by atomic mass is 9.73. The largest absolute Gasteiger partial charge is 0.454 e. The minimum Gasteiger partial charge on any atom is -0.454 e. The van der Waals surface area contributed by atoms with Crippen molar-refractivity contribution in [2.75, 3.05) is 18.5 Å². The van der Waals surface area contributed by atoms with Crippen molar-refractivity contribution in [1.29, 1.82) is 0 Å². The molecule has 3 rings (SSSR count). The van der Waals surface area contributed by atoms with E-state index in [2.05, 4.69) is 10.6 Å². The molecule has 31 heavy (non-hydrogen) atoms. The number of rotatable bonds is 6. The van der Waals surface area contributed by atoms with Gasteiger partial charge >= 0.3 is 12.0 Å². The Morgan fingerprint density at radius 3 is 2.71 bits per heavy atom. The van der Waals surface area contributed by atoms with E-state index in [1.54, 1.807) is 0 Å². The molecule has 1 saturated heterocycles. The molecule has 2 N–H and O–H groups in total. The smallest absolute Gasteiger partial charge is 0.326 e. The number of amides is 4. The molecule has 2 fully saturated rings. The quantitative estimate of drug-likeness (QED) is 0.534. The van der Waals surface area contributed by atoms with E-state index in [0.717, 1.165) is 35.3 Å². The number of nitrogens with one attached hydrogen (secondary N) is 2. The molecular formula is C23H31N3O5. The fourth-order valence-corrected chi connectivity index (χ4v) is 4.48. The maximum absolute atomic E-state index is 12.9. The van der Waals surface area contributed by atoms with E-state index in [-0.39, 0.29) is 17.7 Å². The summed E-state index contributed by atoms with van der Waals surface area (Å²) in [6, 6.07) is 5.19. The van der Waals surface area contributed by atoms with Gasteiger partial charge in [-0.15, -0.1) is 0 Å². The maximum Gasteiger partial charge on any atom is 0.326 e. The normalized spacial score (nSPS) is 23.3. The summed E-state index contributed by atoms with van der Waals surface area (Å²) in [6.45, 7) is 6.91. The molecule has 1 spiro atoms. The maximum atomic E-state index is 12.9. The Balaban J connectivity index is 1.57. The number of anilines is 1. The van der Waals surface area contributed by atoms with Crippen LogP contribution in [0.4, 0.5) is 10.5 Å². The average molecular weight is 430 g/mol. The molecule has 1 aromatic rings. The van der Waals surface area contributed by atoms with Crippen molar-refractivity contribution in [2.24, 2.45) is 5.92 Å². The van der Waals surface area contributed by atoms with Crippen LogP contribution in [0.2, 0.25) is 0 Å². The number of carbonyl (C=O) groups excluding carboxylic acids is 4. The Bertz CT molecular complexity index is 897. The molecule has 1 aliphatic heterocycles. The van der Waals surface area contributed by atoms with Crippen molar-refractivity contribution in [3.63, 3.8) is 0 Å². The fraction of sp³-hybridized carbons (Fsp3) is 0.565. The number of hydrogen-bond acceptors (Lipinski definition) is 5. The zero-order chi connectivity index (χ0) is 22.8. The lowest BCUT2D eigenvalue weighted by molar-refractivity contribution is -0.150. The van der Waals surface area contributed by atoms with Gasteiger partial charge in [-0.3, -0.25) is 19.3 Å². The number of carbonyl (C=O) groups is 4. The van der Waals surface area contributed by atoms with Crippen LogP contribution in [0.15, 0.2) is 18.2 Å². The molecule has 2 aliphatic rings. The van der Waals surface area contributed by atoms with Crippen LogP contribution in [0.1, 0.15) is 63.5 Å². The molecule has 0 unspecified atom stereocenters. The molecule has 1 aromatic carbocycles. The first kappa shape index (κ1) is 22.8. The van der Waals surface area contributed by atoms with E-state index in [1.165, 1.54) is 0 Å². The number of imide groups is 1. The van der Waals surface area contributed by atoms with Crippen molar-refractivity contribution in [1.82, 2.24) is 10.2 Å². The van der Waals surface area contributed by atoms with Gasteiger partial charge in [-0.1, -0.05) is 51.8 Å². The zero-order valence-electron chi connectivity index (χ0n) is 18.6. The molecule has 4 amide bonds. The number of ether oxygens (including phenoxy) is 1. The molecule has 168 valence electrons. The summed E-state index contributed by atoms with van der Waals surface area (Å²) >= 11 is 0. The van der Waals surface area contributed by atoms with Crippen LogP contribution in [-0.2, 0) is 19.1 Å². The van der Waals surface area contributed by atoms with Crippen molar-refractivity contribution < 1.29 is 23.9 Å². The van der Waals surface area contributed by atoms with Crippen molar-refractivity contribution in [3.8, 4) is 0 Å². The summed E-state index contributed by atoms with van der Waals surface area (Å²) < 4.78 is 5.05. The highest BCUT2D eigenvalue weighted by molar-refractivity contribution is 6.09. The standard InChI is InChI=1S/C23H31N3O5/c1-14(2)17-10-7-8-15(3)20(17)24-18(27)13-31-19(28)12-26-21(29)23(25-22(26)30)11-6-5-9-16(23)4/h7-8,10,14,16H,5-6,9,11-13H2,1-4H3,(H,24,27)(H,25,30)/t16-,23-/m0/s1. The number of urea groups is 1. The number of hydrogen-bond donors (Lipinski definition) is 2. The first-order chi connectivity index (χ1) is 14.7. The SMILES string of the molecule is Cc1cccc(C(C)C)c1NC(=O)COC(=O)CN1C(=O)N[C@]2(CCCC[C@@H]2C)C1=O. The van der Waals surface area contributed by atoms with Gasteiger partial charge < -0.3 is 15.4 Å². The molecule has 8 heteroatoms. The first-order valence-corrected chi connectivity index (χ1v) is 10.8. The van der Waals surface area contributed by atoms with Crippen LogP contribution in [0, 0.1) is 12.8 Å². The molecule has 0 aromatic heterocycles. The highest BCUT2D eigenvalue weighted by Crippen LogP contribution is 2.38. The molecule has 0 radical (unpaired) electrons. The summed E-state index contributed by atoms with van der Waals surface area (Å²) in [5, 5.41) is 5.60. The van der Waals surface area contributed by atoms with Crippen LogP contribution in [-0.4, -0.2) is 47.4 Å². The number of esters is 1. The van der Waals surface area contributed by atoms with E-state index in [0.29, 0.717) is 12.1 Å². The predicted octanol–water partition coefficient (Wildman–Crippen LogP) is 3.10. The Labute approximate surface area is 182 Å². The van der Waals surface area contributed by atoms with Gasteiger partial charge in [0.1, 0.15) is 12.1 Å². The van der Waals surface area contributed by atoms with Gasteiger partial charge in [0.05, 0.1) is 0 Å². The number of benzene rings is 1. The lowest BCUT2D eigenvalue weighted by Gasteiger charge is -2.36. The van der Waals surface area contributed by atoms with Crippen molar-refractivity contribution in [2.45, 2.75) is 64.8 Å². The van der Waals surface area contributed by atoms with Gasteiger partial charge in [-0.2, -0.15) is 0 Å². The zero-order valence-corrected chi connectivity index (χ0v) is 18.6. The van der Waals surface area contributed by atoms with E-state index in [9.17, 15) is 19.2 Å². The van der Waals surface area contributed by atoms with Crippen LogP contribution in [0.5, 0.6) is 0 Å². The number of aryl methyl sites for hydroxylation is 1. The number of nitrogens with zero attached hydrogens (tertiary/aromatic N) is 1. The van der Waals surface area contributed by atoms with Gasteiger partial charge in [-0.25, -0.2) is 4.79 Å². The van der Waals surface area contributed by atoms with Gasteiger partial charge in [-0.05, 0) is 42.7 Å². The minimum atomic E-state index is -0.926. The summed E-state index contributed by atoms with van der Waals surface area (Å²) in [5.41, 5.74) is 1.69. The van der Waals surface area contributed by atoms with E-state index in [1.807, 2.05) is 45.9 Å². The highest BCUT2D eigenvalue weighted by atomic mass is 16.5. The topological polar surface area (TPSA) is 105 Å². The van der Waals surface area contributed by atoms with E-state index >= 15 is 0 Å². The lowest BCUT2D eigenvalue weighted by Crippen LogP contribution is -2.54. The van der Waals surface area contributed by atoms with E-state index < -0.39 is 36.6 Å². The summed E-state index contributed by atoms with van der Waals surface area (Å²) in [7, 11) is 0. The summed E-state index contributed by atoms with van der Waals surface area (Å²) in [5.74, 6) is -1.43. The highest BCUT2D eigenvalue weighted by Gasteiger charge is 2.55. The number of para-hydroxylation sites is 1. The third-order valence-corrected chi connectivity index (χ3v) is 6.34. The summed E-state index contributed by atoms with van der Waals surface area (Å²) in [4.78, 5) is 50.8. The second kappa shape index (κ2) is 9.08. The fourth-order valence-electron chi connectivity index (χ4n) is 4.48. The van der Waals surface area contributed by atoms with Crippen molar-refractivity contribution >= 4 is 29.5 Å². The monoisotopic (exact) mass is 429 g/mol. The molecular weight excluding hydrogens is 398 g/mol. The Morgan fingerprint density at radius 2 is 2.03 bits per heavy atom. The van der Waals surface area contributed by atoms with Crippen LogP contribution >= 0.6 is 0 Å². The Morgan fingerprint density at radius 1 is 1.29 bits per heavy atom. The van der Waals surface area contributed by atoms with Gasteiger partial charge in [0.2, 0.25) is 0 Å². The average Bonchev–Trinajstić information content (AvgIpc) is 2.95. The predicted molar refractivity (Wildman–Crippen MR) is 115 cm³/mol. The van der Waals surface area contributed by atoms with Crippen LogP contribution in [0.25, 0.3) is 0 Å². The second-order valence-electron chi connectivity index (χ2n) is 8.84. The van der Waals surface area contributed by atoms with E-state index in [4.69, 9.17) is 4.74 Å². The Hall–Kier alpha value is -2.90. The molecule has 1 saturated carbocycles. The van der Waals surface area contributed by atoms with Gasteiger partial charge in [0.25, 0.3) is 11.8 Å². The van der Waals surface area contributed by atoms with Gasteiger partial charge in [0, 0.05) is 5.69 Å².